The number of sulfonamides is 1. The molecule has 2 aromatic rings. The molecule has 0 unspecified atom stereocenters. The molecule has 0 aliphatic carbocycles. The molecule has 0 radical (unpaired) electrons. The molecule has 0 aromatic heterocycles. The Hall–Kier alpha value is -2.13. The van der Waals surface area contributed by atoms with Crippen molar-refractivity contribution in [2.45, 2.75) is 57.0 Å². The molecule has 0 fully saturated rings. The van der Waals surface area contributed by atoms with Crippen LogP contribution in [0.5, 0.6) is 0 Å². The van der Waals surface area contributed by atoms with E-state index in [2.05, 4.69) is 5.32 Å². The standard InChI is InChI=1S/C25H33Cl2N3O4S/c1-4-15-28-25(32)23(5-2)30(18-19-13-14-21(26)22(27)17-19)24(31)12-9-16-29(3)35(33,34)20-10-7-6-8-11-20/h6-8,10-11,13-14,17,23H,4-5,9,12,15-16,18H2,1-3H3,(H,28,32)/t23-/m0/s1. The predicted molar refractivity (Wildman–Crippen MR) is 140 cm³/mol. The average molecular weight is 543 g/mol. The zero-order valence-electron chi connectivity index (χ0n) is 20.3. The van der Waals surface area contributed by atoms with Gasteiger partial charge < -0.3 is 10.2 Å². The number of amides is 2. The smallest absolute Gasteiger partial charge is 0.242 e. The van der Waals surface area contributed by atoms with Gasteiger partial charge >= 0.3 is 0 Å². The molecule has 0 aliphatic rings. The van der Waals surface area contributed by atoms with E-state index >= 15 is 0 Å². The van der Waals surface area contributed by atoms with Gasteiger partial charge in [-0.15, -0.1) is 0 Å². The minimum atomic E-state index is -3.64. The van der Waals surface area contributed by atoms with Crippen molar-refractivity contribution in [3.8, 4) is 0 Å². The van der Waals surface area contributed by atoms with Crippen LogP contribution in [0.25, 0.3) is 0 Å². The Kier molecular flexibility index (Phi) is 11.5. The molecule has 0 saturated carbocycles. The highest BCUT2D eigenvalue weighted by molar-refractivity contribution is 7.89. The number of hydrogen-bond donors (Lipinski definition) is 1. The molecule has 0 aliphatic heterocycles. The van der Waals surface area contributed by atoms with Crippen molar-refractivity contribution in [2.75, 3.05) is 20.1 Å². The molecule has 10 heteroatoms. The fourth-order valence-electron chi connectivity index (χ4n) is 3.61. The van der Waals surface area contributed by atoms with Crippen LogP contribution in [0, 0.1) is 0 Å². The van der Waals surface area contributed by atoms with Crippen molar-refractivity contribution in [3.05, 3.63) is 64.1 Å². The van der Waals surface area contributed by atoms with E-state index in [1.807, 2.05) is 13.8 Å². The van der Waals surface area contributed by atoms with Gasteiger partial charge in [0.05, 0.1) is 14.9 Å². The first kappa shape index (κ1) is 29.1. The summed E-state index contributed by atoms with van der Waals surface area (Å²) in [6.45, 7) is 4.69. The summed E-state index contributed by atoms with van der Waals surface area (Å²) in [5.74, 6) is -0.452. The quantitative estimate of drug-likeness (QED) is 0.397. The largest absolute Gasteiger partial charge is 0.354 e. The third-order valence-corrected chi connectivity index (χ3v) is 8.20. The second-order valence-electron chi connectivity index (χ2n) is 8.23. The molecule has 2 amide bonds. The summed E-state index contributed by atoms with van der Waals surface area (Å²) >= 11 is 12.2. The van der Waals surface area contributed by atoms with Gasteiger partial charge in [-0.1, -0.05) is 61.3 Å². The summed E-state index contributed by atoms with van der Waals surface area (Å²) < 4.78 is 26.7. The van der Waals surface area contributed by atoms with Gasteiger partial charge in [0.25, 0.3) is 0 Å². The minimum absolute atomic E-state index is 0.0908. The molecule has 1 atom stereocenters. The first-order valence-corrected chi connectivity index (χ1v) is 13.8. The minimum Gasteiger partial charge on any atom is -0.354 e. The second kappa shape index (κ2) is 13.8. The molecule has 0 heterocycles. The van der Waals surface area contributed by atoms with E-state index in [0.717, 1.165) is 12.0 Å². The lowest BCUT2D eigenvalue weighted by atomic mass is 10.1. The topological polar surface area (TPSA) is 86.8 Å². The van der Waals surface area contributed by atoms with Gasteiger partial charge in [0, 0.05) is 33.1 Å². The summed E-state index contributed by atoms with van der Waals surface area (Å²) in [6, 6.07) is 12.6. The summed E-state index contributed by atoms with van der Waals surface area (Å²) in [5, 5.41) is 3.64. The van der Waals surface area contributed by atoms with Crippen molar-refractivity contribution < 1.29 is 18.0 Å². The summed E-state index contributed by atoms with van der Waals surface area (Å²) in [5.41, 5.74) is 0.748. The summed E-state index contributed by atoms with van der Waals surface area (Å²) in [7, 11) is -2.15. The molecule has 2 aromatic carbocycles. The Bertz CT molecular complexity index is 1100. The Labute approximate surface area is 218 Å². The lowest BCUT2D eigenvalue weighted by molar-refractivity contribution is -0.141. The number of halogens is 2. The van der Waals surface area contributed by atoms with E-state index in [-0.39, 0.29) is 36.2 Å². The molecule has 2 rings (SSSR count). The van der Waals surface area contributed by atoms with Gasteiger partial charge in [0.1, 0.15) is 6.04 Å². The number of benzene rings is 2. The Balaban J connectivity index is 2.14. The van der Waals surface area contributed by atoms with E-state index < -0.39 is 16.1 Å². The molecule has 0 bridgehead atoms. The molecule has 35 heavy (non-hydrogen) atoms. The first-order valence-electron chi connectivity index (χ1n) is 11.6. The van der Waals surface area contributed by atoms with Crippen LogP contribution >= 0.6 is 23.2 Å². The number of nitrogens with one attached hydrogen (secondary N) is 1. The average Bonchev–Trinajstić information content (AvgIpc) is 2.85. The van der Waals surface area contributed by atoms with Crippen LogP contribution in [0.1, 0.15) is 45.1 Å². The lowest BCUT2D eigenvalue weighted by Crippen LogP contribution is -2.49. The highest BCUT2D eigenvalue weighted by Gasteiger charge is 2.29. The van der Waals surface area contributed by atoms with Gasteiger partial charge in [0.2, 0.25) is 21.8 Å². The Morgan fingerprint density at radius 1 is 1.03 bits per heavy atom. The third-order valence-electron chi connectivity index (χ3n) is 5.59. The lowest BCUT2D eigenvalue weighted by Gasteiger charge is -2.31. The molecule has 0 spiro atoms. The monoisotopic (exact) mass is 541 g/mol. The zero-order valence-corrected chi connectivity index (χ0v) is 22.7. The number of rotatable bonds is 13. The number of carbonyl (C=O) groups is 2. The van der Waals surface area contributed by atoms with Crippen molar-refractivity contribution in [1.29, 1.82) is 0 Å². The van der Waals surface area contributed by atoms with Gasteiger partial charge in [-0.25, -0.2) is 12.7 Å². The van der Waals surface area contributed by atoms with Crippen molar-refractivity contribution >= 4 is 45.0 Å². The van der Waals surface area contributed by atoms with E-state index in [1.54, 1.807) is 36.4 Å². The van der Waals surface area contributed by atoms with E-state index in [1.165, 1.54) is 28.4 Å². The maximum Gasteiger partial charge on any atom is 0.242 e. The molecule has 7 nitrogen and oxygen atoms in total. The normalized spacial score (nSPS) is 12.4. The Morgan fingerprint density at radius 3 is 2.31 bits per heavy atom. The number of hydrogen-bond acceptors (Lipinski definition) is 4. The van der Waals surface area contributed by atoms with Crippen molar-refractivity contribution in [1.82, 2.24) is 14.5 Å². The number of carbonyl (C=O) groups excluding carboxylic acids is 2. The van der Waals surface area contributed by atoms with Gasteiger partial charge in [-0.2, -0.15) is 0 Å². The molecule has 1 N–H and O–H groups in total. The van der Waals surface area contributed by atoms with Crippen LogP contribution in [0.15, 0.2) is 53.4 Å². The van der Waals surface area contributed by atoms with Crippen molar-refractivity contribution in [3.63, 3.8) is 0 Å². The highest BCUT2D eigenvalue weighted by Crippen LogP contribution is 2.24. The third kappa shape index (κ3) is 8.20. The molecular weight excluding hydrogens is 509 g/mol. The van der Waals surface area contributed by atoms with Crippen LogP contribution in [0.2, 0.25) is 10.0 Å². The van der Waals surface area contributed by atoms with Crippen LogP contribution < -0.4 is 5.32 Å². The van der Waals surface area contributed by atoms with Gasteiger partial charge in [-0.05, 0) is 49.1 Å². The predicted octanol–water partition coefficient (Wildman–Crippen LogP) is 4.73. The highest BCUT2D eigenvalue weighted by atomic mass is 35.5. The van der Waals surface area contributed by atoms with Gasteiger partial charge in [-0.3, -0.25) is 9.59 Å². The van der Waals surface area contributed by atoms with Crippen LogP contribution in [0.3, 0.4) is 0 Å². The van der Waals surface area contributed by atoms with E-state index in [9.17, 15) is 18.0 Å². The fraction of sp³-hybridized carbons (Fsp3) is 0.440. The summed E-state index contributed by atoms with van der Waals surface area (Å²) in [4.78, 5) is 27.9. The molecular formula is C25H33Cl2N3O4S. The van der Waals surface area contributed by atoms with Crippen LogP contribution in [0.4, 0.5) is 0 Å². The maximum absolute atomic E-state index is 13.3. The molecule has 0 saturated heterocycles. The van der Waals surface area contributed by atoms with Crippen molar-refractivity contribution in [2.24, 2.45) is 0 Å². The molecule has 192 valence electrons. The van der Waals surface area contributed by atoms with E-state index in [4.69, 9.17) is 23.2 Å². The second-order valence-corrected chi connectivity index (χ2v) is 11.1. The SMILES string of the molecule is CCCNC(=O)[C@H](CC)N(Cc1ccc(Cl)c(Cl)c1)C(=O)CCCN(C)S(=O)(=O)c1ccccc1. The maximum atomic E-state index is 13.3. The Morgan fingerprint density at radius 2 is 1.71 bits per heavy atom. The summed E-state index contributed by atoms with van der Waals surface area (Å²) in [6.07, 6.45) is 1.62. The fourth-order valence-corrected chi connectivity index (χ4v) is 5.16. The van der Waals surface area contributed by atoms with Crippen LogP contribution in [-0.2, 0) is 26.2 Å². The zero-order chi connectivity index (χ0) is 26.0. The van der Waals surface area contributed by atoms with Gasteiger partial charge in [0.15, 0.2) is 0 Å². The van der Waals surface area contributed by atoms with E-state index in [0.29, 0.717) is 29.4 Å². The first-order chi connectivity index (χ1) is 16.6. The van der Waals surface area contributed by atoms with Crippen LogP contribution in [-0.4, -0.2) is 55.6 Å². The number of nitrogens with zero attached hydrogens (tertiary/aromatic N) is 2.